The van der Waals surface area contributed by atoms with Crippen LogP contribution in [-0.2, 0) is 11.0 Å². The summed E-state index contributed by atoms with van der Waals surface area (Å²) in [7, 11) is 0. The molecule has 0 spiro atoms. The molecule has 0 aliphatic carbocycles. The molecule has 30 heavy (non-hydrogen) atoms. The molecule has 5 atom stereocenters. The number of rotatable bonds is 3. The summed E-state index contributed by atoms with van der Waals surface area (Å²) in [5.74, 6) is -8.51. The Balaban J connectivity index is 1.95. The van der Waals surface area contributed by atoms with Crippen molar-refractivity contribution in [2.24, 2.45) is 5.92 Å². The number of alkyl halides is 8. The van der Waals surface area contributed by atoms with Gasteiger partial charge in [0.25, 0.3) is 0 Å². The number of hydrogen-bond donors (Lipinski definition) is 4. The second-order valence-corrected chi connectivity index (χ2v) is 6.98. The number of fused-ring (bicyclic) bond motifs is 1. The summed E-state index contributed by atoms with van der Waals surface area (Å²) in [6, 6.07) is -0.204. The molecule has 6 nitrogen and oxygen atoms in total. The van der Waals surface area contributed by atoms with Gasteiger partial charge in [0.05, 0.1) is 17.6 Å². The Kier molecular flexibility index (Phi) is 5.50. The van der Waals surface area contributed by atoms with Crippen LogP contribution in [0.1, 0.15) is 24.1 Å². The van der Waals surface area contributed by atoms with Crippen molar-refractivity contribution < 1.29 is 45.0 Å². The number of hydrazine groups is 1. The highest BCUT2D eigenvalue weighted by molar-refractivity contribution is 5.81. The van der Waals surface area contributed by atoms with Crippen LogP contribution in [0.5, 0.6) is 0 Å². The smallest absolute Gasteiger partial charge is 0.361 e. The fourth-order valence-electron chi connectivity index (χ4n) is 3.54. The van der Waals surface area contributed by atoms with Crippen LogP contribution in [0.3, 0.4) is 0 Å². The number of aliphatic hydroxyl groups excluding tert-OH is 1. The predicted molar refractivity (Wildman–Crippen MR) is 84.2 cm³/mol. The van der Waals surface area contributed by atoms with Crippen LogP contribution in [0.25, 0.3) is 0 Å². The monoisotopic (exact) mass is 448 g/mol. The van der Waals surface area contributed by atoms with E-state index >= 15 is 0 Å². The minimum atomic E-state index is -5.97. The van der Waals surface area contributed by atoms with Crippen molar-refractivity contribution >= 4 is 5.91 Å². The third-order valence-corrected chi connectivity index (χ3v) is 5.10. The van der Waals surface area contributed by atoms with Crippen molar-refractivity contribution in [2.75, 3.05) is 0 Å². The van der Waals surface area contributed by atoms with Gasteiger partial charge in [0.2, 0.25) is 5.91 Å². The van der Waals surface area contributed by atoms with Gasteiger partial charge in [-0.3, -0.25) is 10.1 Å². The zero-order valence-corrected chi connectivity index (χ0v) is 15.0. The number of aliphatic hydroxyl groups is 1. The summed E-state index contributed by atoms with van der Waals surface area (Å²) in [5.41, 5.74) is 1.15. The van der Waals surface area contributed by atoms with Gasteiger partial charge in [0.1, 0.15) is 6.04 Å². The second kappa shape index (κ2) is 7.28. The zero-order valence-electron chi connectivity index (χ0n) is 15.0. The van der Waals surface area contributed by atoms with Gasteiger partial charge in [0.15, 0.2) is 6.35 Å². The summed E-state index contributed by atoms with van der Waals surface area (Å²) >= 11 is 0. The molecule has 2 heterocycles. The Morgan fingerprint density at radius 1 is 1.03 bits per heavy atom. The molecule has 0 aromatic heterocycles. The van der Waals surface area contributed by atoms with E-state index in [1.165, 1.54) is 6.92 Å². The van der Waals surface area contributed by atoms with Crippen molar-refractivity contribution in [3.63, 3.8) is 0 Å². The molecule has 3 rings (SSSR count). The number of halogens is 8. The second-order valence-electron chi connectivity index (χ2n) is 6.98. The molecular formula is C16H16F8N4O2. The minimum absolute atomic E-state index is 0.146. The Morgan fingerprint density at radius 2 is 1.60 bits per heavy atom. The van der Waals surface area contributed by atoms with Crippen molar-refractivity contribution in [1.29, 1.82) is 0 Å². The maximum absolute atomic E-state index is 14.1. The van der Waals surface area contributed by atoms with Crippen LogP contribution in [0.2, 0.25) is 0 Å². The summed E-state index contributed by atoms with van der Waals surface area (Å²) < 4.78 is 105. The third-order valence-electron chi connectivity index (χ3n) is 5.10. The van der Waals surface area contributed by atoms with Crippen LogP contribution in [0.15, 0.2) is 24.3 Å². The Morgan fingerprint density at radius 3 is 2.10 bits per heavy atom. The lowest BCUT2D eigenvalue weighted by atomic mass is 9.90. The quantitative estimate of drug-likeness (QED) is 0.533. The number of hydrogen-bond acceptors (Lipinski definition) is 5. The van der Waals surface area contributed by atoms with E-state index in [0.717, 1.165) is 29.3 Å². The molecule has 14 heteroatoms. The summed E-state index contributed by atoms with van der Waals surface area (Å²) in [6.45, 7) is 1.33. The lowest BCUT2D eigenvalue weighted by Gasteiger charge is -2.37. The first-order chi connectivity index (χ1) is 13.6. The number of nitrogens with zero attached hydrogens (tertiary/aromatic N) is 1. The van der Waals surface area contributed by atoms with E-state index in [1.807, 2.05) is 10.7 Å². The van der Waals surface area contributed by atoms with Crippen LogP contribution < -0.4 is 16.1 Å². The van der Waals surface area contributed by atoms with E-state index in [4.69, 9.17) is 0 Å². The predicted octanol–water partition coefficient (Wildman–Crippen LogP) is 2.09. The number of carbonyl (C=O) groups is 1. The Labute approximate surface area is 164 Å². The first kappa shape index (κ1) is 22.7. The number of carbonyl (C=O) groups excluding carboxylic acids is 1. The lowest BCUT2D eigenvalue weighted by molar-refractivity contribution is -0.296. The third kappa shape index (κ3) is 3.84. The summed E-state index contributed by atoms with van der Waals surface area (Å²) in [6.07, 6.45) is -13.8. The molecule has 1 amide bonds. The Bertz CT molecular complexity index is 798. The summed E-state index contributed by atoms with van der Waals surface area (Å²) in [5, 5.41) is 14.6. The molecule has 0 saturated carbocycles. The highest BCUT2D eigenvalue weighted by atomic mass is 19.4. The first-order valence-electron chi connectivity index (χ1n) is 8.55. The summed E-state index contributed by atoms with van der Waals surface area (Å²) in [4.78, 5) is 12.1. The van der Waals surface area contributed by atoms with Gasteiger partial charge in [-0.05, 0) is 24.6 Å². The molecule has 1 aromatic carbocycles. The maximum atomic E-state index is 14.1. The van der Waals surface area contributed by atoms with E-state index in [-0.39, 0.29) is 5.56 Å². The molecule has 4 N–H and O–H groups in total. The Hall–Kier alpha value is -2.03. The number of benzene rings is 1. The largest absolute Gasteiger partial charge is 0.455 e. The molecule has 168 valence electrons. The van der Waals surface area contributed by atoms with Crippen LogP contribution in [0, 0.1) is 5.92 Å². The van der Waals surface area contributed by atoms with Crippen molar-refractivity contribution in [1.82, 2.24) is 21.1 Å². The zero-order chi connectivity index (χ0) is 22.6. The molecule has 5 unspecified atom stereocenters. The van der Waals surface area contributed by atoms with Gasteiger partial charge in [-0.2, -0.15) is 35.1 Å². The highest BCUT2D eigenvalue weighted by Crippen LogP contribution is 2.45. The van der Waals surface area contributed by atoms with Crippen molar-refractivity contribution in [3.05, 3.63) is 35.4 Å². The van der Waals surface area contributed by atoms with Crippen LogP contribution >= 0.6 is 0 Å². The van der Waals surface area contributed by atoms with E-state index in [9.17, 15) is 45.0 Å². The fourth-order valence-corrected chi connectivity index (χ4v) is 3.54. The molecule has 1 aromatic rings. The molecule has 2 saturated heterocycles. The van der Waals surface area contributed by atoms with Crippen LogP contribution in [-0.4, -0.2) is 46.7 Å². The van der Waals surface area contributed by atoms with E-state index in [1.54, 1.807) is 0 Å². The molecule has 2 aliphatic rings. The maximum Gasteiger partial charge on any atom is 0.455 e. The molecule has 0 bridgehead atoms. The van der Waals surface area contributed by atoms with E-state index < -0.39 is 60.3 Å². The van der Waals surface area contributed by atoms with Gasteiger partial charge in [-0.1, -0.05) is 12.1 Å². The van der Waals surface area contributed by atoms with Gasteiger partial charge in [-0.25, -0.2) is 10.4 Å². The number of amides is 1. The first-order valence-corrected chi connectivity index (χ1v) is 8.55. The molecule has 0 radical (unpaired) electrons. The average Bonchev–Trinajstić information content (AvgIpc) is 2.99. The topological polar surface area (TPSA) is 76.6 Å². The molecule has 2 aliphatic heterocycles. The van der Waals surface area contributed by atoms with Crippen molar-refractivity contribution in [2.45, 2.75) is 49.8 Å². The normalized spacial score (nSPS) is 29.5. The van der Waals surface area contributed by atoms with Gasteiger partial charge >= 0.3 is 18.3 Å². The molecule has 2 fully saturated rings. The van der Waals surface area contributed by atoms with Gasteiger partial charge in [-0.15, -0.1) is 0 Å². The van der Waals surface area contributed by atoms with Crippen LogP contribution in [0.4, 0.5) is 35.1 Å². The fraction of sp³-hybridized carbons (Fsp3) is 0.562. The highest BCUT2D eigenvalue weighted by Gasteiger charge is 2.69. The van der Waals surface area contributed by atoms with Gasteiger partial charge < -0.3 is 10.4 Å². The standard InChI is InChI=1S/C16H16F8N4O2/c1-6(7-2-4-8(5-3-7)15(19,20)21)28-11-9(12(29)26-13(30)25-11)10(27-28)14(17,18)16(22,23)24/h2-6,9-11,13,25,27,30H,1H3,(H,26,29). The average molecular weight is 448 g/mol. The van der Waals surface area contributed by atoms with E-state index in [2.05, 4.69) is 5.32 Å². The SMILES string of the molecule is CC(c1ccc(C(F)(F)F)cc1)N1NC(C(F)(F)C(F)(F)F)C2C(=O)NC(O)NC21. The van der Waals surface area contributed by atoms with Crippen molar-refractivity contribution in [3.8, 4) is 0 Å². The van der Waals surface area contributed by atoms with E-state index in [0.29, 0.717) is 0 Å². The molecular weight excluding hydrogens is 432 g/mol. The number of nitrogens with one attached hydrogen (secondary N) is 3. The lowest BCUT2D eigenvalue weighted by Crippen LogP contribution is -2.66. The minimum Gasteiger partial charge on any atom is -0.361 e. The van der Waals surface area contributed by atoms with Gasteiger partial charge in [0, 0.05) is 6.04 Å².